The Hall–Kier alpha value is -1.19. The first-order valence-corrected chi connectivity index (χ1v) is 10.2. The molecule has 0 atom stereocenters. The van der Waals surface area contributed by atoms with Crippen LogP contribution in [0.5, 0.6) is 5.75 Å². The second-order valence-corrected chi connectivity index (χ2v) is 8.55. The van der Waals surface area contributed by atoms with E-state index in [0.717, 1.165) is 0 Å². The van der Waals surface area contributed by atoms with Crippen LogP contribution in [-0.2, 0) is 8.85 Å². The van der Waals surface area contributed by atoms with Crippen LogP contribution in [-0.4, -0.2) is 28.4 Å². The average molecular weight is 372 g/mol. The highest BCUT2D eigenvalue weighted by Crippen LogP contribution is 2.29. The highest BCUT2D eigenvalue weighted by molar-refractivity contribution is 6.66. The molecule has 0 aliphatic carbocycles. The second-order valence-electron chi connectivity index (χ2n) is 5.20. The largest absolute Gasteiger partial charge is 0.487 e. The molecule has 24 heavy (non-hydrogen) atoms. The summed E-state index contributed by atoms with van der Waals surface area (Å²) in [7, 11) is -2.30. The third-order valence-electron chi connectivity index (χ3n) is 3.34. The molecule has 0 aromatic heterocycles. The van der Waals surface area contributed by atoms with Crippen LogP contribution in [0.3, 0.4) is 0 Å². The van der Waals surface area contributed by atoms with Crippen LogP contribution in [0.15, 0.2) is 0 Å². The standard InChI is InChI=1S/C15H21F5O3Si/c1-4-22-24(3,23-5-2)9-7-6-8-21-15-13(19)11(17)10(16)12(18)14(15)20/h4-9H2,1-3H3. The molecule has 0 aliphatic heterocycles. The molecule has 0 heterocycles. The molecular formula is C15H21F5O3Si. The van der Waals surface area contributed by atoms with Gasteiger partial charge < -0.3 is 13.6 Å². The van der Waals surface area contributed by atoms with Crippen molar-refractivity contribution in [2.45, 2.75) is 39.3 Å². The molecule has 1 aromatic rings. The summed E-state index contributed by atoms with van der Waals surface area (Å²) in [6.45, 7) is 6.48. The van der Waals surface area contributed by atoms with Crippen molar-refractivity contribution in [3.05, 3.63) is 29.1 Å². The first-order chi connectivity index (χ1) is 11.3. The molecule has 0 amide bonds. The van der Waals surface area contributed by atoms with E-state index in [2.05, 4.69) is 0 Å². The zero-order chi connectivity index (χ0) is 18.3. The Kier molecular flexibility index (Phi) is 8.11. The molecule has 138 valence electrons. The SMILES string of the molecule is CCO[Si](C)(CCCCOc1c(F)c(F)c(F)c(F)c1F)OCC. The molecule has 3 nitrogen and oxygen atoms in total. The Morgan fingerprint density at radius 2 is 1.21 bits per heavy atom. The van der Waals surface area contributed by atoms with Gasteiger partial charge in [0.2, 0.25) is 29.1 Å². The van der Waals surface area contributed by atoms with Gasteiger partial charge in [-0.2, -0.15) is 8.78 Å². The van der Waals surface area contributed by atoms with Crippen LogP contribution >= 0.6 is 0 Å². The van der Waals surface area contributed by atoms with Gasteiger partial charge in [-0.1, -0.05) is 0 Å². The van der Waals surface area contributed by atoms with Crippen molar-refractivity contribution in [2.24, 2.45) is 0 Å². The van der Waals surface area contributed by atoms with Crippen molar-refractivity contribution in [1.82, 2.24) is 0 Å². The Morgan fingerprint density at radius 1 is 0.750 bits per heavy atom. The number of hydrogen-bond donors (Lipinski definition) is 0. The maximum atomic E-state index is 13.4. The summed E-state index contributed by atoms with van der Waals surface area (Å²) in [6.07, 6.45) is 0.945. The second kappa shape index (κ2) is 9.33. The van der Waals surface area contributed by atoms with Gasteiger partial charge in [-0.15, -0.1) is 0 Å². The highest BCUT2D eigenvalue weighted by Gasteiger charge is 2.30. The Bertz CT molecular complexity index is 521. The third kappa shape index (κ3) is 5.15. The van der Waals surface area contributed by atoms with Crippen LogP contribution in [0.4, 0.5) is 22.0 Å². The van der Waals surface area contributed by atoms with Gasteiger partial charge in [0, 0.05) is 13.2 Å². The van der Waals surface area contributed by atoms with E-state index in [1.54, 1.807) is 0 Å². The number of rotatable bonds is 10. The van der Waals surface area contributed by atoms with E-state index in [1.165, 1.54) is 0 Å². The molecular weight excluding hydrogens is 351 g/mol. The minimum Gasteiger partial charge on any atom is -0.487 e. The van der Waals surface area contributed by atoms with E-state index < -0.39 is 43.4 Å². The fraction of sp³-hybridized carbons (Fsp3) is 0.600. The zero-order valence-corrected chi connectivity index (χ0v) is 14.9. The van der Waals surface area contributed by atoms with Gasteiger partial charge in [0.1, 0.15) is 0 Å². The lowest BCUT2D eigenvalue weighted by atomic mass is 10.2. The van der Waals surface area contributed by atoms with E-state index in [4.69, 9.17) is 13.6 Å². The summed E-state index contributed by atoms with van der Waals surface area (Å²) in [6, 6.07) is 0.634. The maximum Gasteiger partial charge on any atom is 0.334 e. The fourth-order valence-electron chi connectivity index (χ4n) is 2.23. The van der Waals surface area contributed by atoms with Crippen LogP contribution in [0.2, 0.25) is 12.6 Å². The van der Waals surface area contributed by atoms with Gasteiger partial charge in [0.15, 0.2) is 5.75 Å². The predicted molar refractivity (Wildman–Crippen MR) is 80.6 cm³/mol. The summed E-state index contributed by atoms with van der Waals surface area (Å²) in [5.41, 5.74) is 0. The van der Waals surface area contributed by atoms with Gasteiger partial charge in [0.05, 0.1) is 6.61 Å². The molecule has 0 N–H and O–H groups in total. The van der Waals surface area contributed by atoms with Crippen LogP contribution in [0, 0.1) is 29.1 Å². The summed E-state index contributed by atoms with van der Waals surface area (Å²) in [4.78, 5) is 0. The van der Waals surface area contributed by atoms with Crippen LogP contribution in [0.25, 0.3) is 0 Å². The normalized spacial score (nSPS) is 11.8. The van der Waals surface area contributed by atoms with Crippen molar-refractivity contribution in [2.75, 3.05) is 19.8 Å². The minimum atomic E-state index is -2.30. The molecule has 0 spiro atoms. The third-order valence-corrected chi connectivity index (χ3v) is 6.40. The van der Waals surface area contributed by atoms with Crippen molar-refractivity contribution < 1.29 is 35.5 Å². The Morgan fingerprint density at radius 3 is 1.67 bits per heavy atom. The lowest BCUT2D eigenvalue weighted by Crippen LogP contribution is -2.38. The number of benzene rings is 1. The number of unbranched alkanes of at least 4 members (excludes halogenated alkanes) is 1. The van der Waals surface area contributed by atoms with E-state index in [0.29, 0.717) is 32.1 Å². The van der Waals surface area contributed by atoms with E-state index in [9.17, 15) is 22.0 Å². The molecule has 0 saturated heterocycles. The number of hydrogen-bond acceptors (Lipinski definition) is 3. The van der Waals surface area contributed by atoms with E-state index in [1.807, 2.05) is 20.4 Å². The Labute approximate surface area is 139 Å². The van der Waals surface area contributed by atoms with Crippen molar-refractivity contribution in [3.63, 3.8) is 0 Å². The van der Waals surface area contributed by atoms with Gasteiger partial charge in [-0.05, 0) is 39.3 Å². The van der Waals surface area contributed by atoms with Crippen molar-refractivity contribution in [1.29, 1.82) is 0 Å². The van der Waals surface area contributed by atoms with Crippen molar-refractivity contribution >= 4 is 8.56 Å². The zero-order valence-electron chi connectivity index (χ0n) is 13.9. The average Bonchev–Trinajstić information content (AvgIpc) is 2.54. The smallest absolute Gasteiger partial charge is 0.334 e. The molecule has 0 unspecified atom stereocenters. The number of halogens is 5. The highest BCUT2D eigenvalue weighted by atomic mass is 28.4. The quantitative estimate of drug-likeness (QED) is 0.196. The number of ether oxygens (including phenoxy) is 1. The van der Waals surface area contributed by atoms with Crippen LogP contribution in [0.1, 0.15) is 26.7 Å². The van der Waals surface area contributed by atoms with Gasteiger partial charge >= 0.3 is 8.56 Å². The predicted octanol–water partition coefficient (Wildman–Crippen LogP) is 4.69. The summed E-state index contributed by atoms with van der Waals surface area (Å²) in [5, 5.41) is 0. The molecule has 0 fully saturated rings. The van der Waals surface area contributed by atoms with Crippen molar-refractivity contribution in [3.8, 4) is 5.75 Å². The summed E-state index contributed by atoms with van der Waals surface area (Å²) in [5.74, 6) is -11.4. The topological polar surface area (TPSA) is 27.7 Å². The molecule has 0 saturated carbocycles. The van der Waals surface area contributed by atoms with Gasteiger partial charge in [-0.25, -0.2) is 13.2 Å². The van der Waals surface area contributed by atoms with E-state index >= 15 is 0 Å². The minimum absolute atomic E-state index is 0.179. The molecule has 0 bridgehead atoms. The Balaban J connectivity index is 2.57. The van der Waals surface area contributed by atoms with Gasteiger partial charge in [-0.3, -0.25) is 0 Å². The maximum absolute atomic E-state index is 13.4. The molecule has 0 radical (unpaired) electrons. The summed E-state index contributed by atoms with van der Waals surface area (Å²) >= 11 is 0. The summed E-state index contributed by atoms with van der Waals surface area (Å²) < 4.78 is 81.8. The molecule has 1 aromatic carbocycles. The fourth-order valence-corrected chi connectivity index (χ4v) is 4.72. The molecule has 0 aliphatic rings. The first-order valence-electron chi connectivity index (χ1n) is 7.69. The van der Waals surface area contributed by atoms with Crippen LogP contribution < -0.4 is 4.74 Å². The van der Waals surface area contributed by atoms with E-state index in [-0.39, 0.29) is 6.61 Å². The monoisotopic (exact) mass is 372 g/mol. The first kappa shape index (κ1) is 20.9. The molecule has 1 rings (SSSR count). The molecule has 9 heteroatoms. The van der Waals surface area contributed by atoms with Gasteiger partial charge in [0.25, 0.3) is 0 Å². The lowest BCUT2D eigenvalue weighted by Gasteiger charge is -2.25. The lowest BCUT2D eigenvalue weighted by molar-refractivity contribution is 0.187.